The summed E-state index contributed by atoms with van der Waals surface area (Å²) in [5, 5.41) is 11.7. The second-order valence-corrected chi connectivity index (χ2v) is 5.63. The highest BCUT2D eigenvalue weighted by Crippen LogP contribution is 2.05. The first-order chi connectivity index (χ1) is 9.27. The van der Waals surface area contributed by atoms with Gasteiger partial charge in [0.2, 0.25) is 0 Å². The zero-order chi connectivity index (χ0) is 15.7. The Labute approximate surface area is 121 Å². The first-order valence-electron chi connectivity index (χ1n) is 7.12. The number of ether oxygens (including phenoxy) is 1. The molecule has 0 aromatic heterocycles. The standard InChI is InChI=1S/C14H28N2O4/c1-6-20-9-12(11(4)5)15-14(19)16(7-10(2)3)8-13(17)18/h10-12H,6-9H2,1-5H3,(H,15,19)(H,17,18). The van der Waals surface area contributed by atoms with E-state index in [1.54, 1.807) is 0 Å². The minimum absolute atomic E-state index is 0.120. The molecule has 2 amide bonds. The van der Waals surface area contributed by atoms with Crippen molar-refractivity contribution in [3.05, 3.63) is 0 Å². The predicted octanol–water partition coefficient (Wildman–Crippen LogP) is 1.80. The fourth-order valence-electron chi connectivity index (χ4n) is 1.72. The smallest absolute Gasteiger partial charge is 0.323 e. The van der Waals surface area contributed by atoms with E-state index >= 15 is 0 Å². The average molecular weight is 288 g/mol. The summed E-state index contributed by atoms with van der Waals surface area (Å²) in [6.45, 7) is 10.9. The Balaban J connectivity index is 4.64. The topological polar surface area (TPSA) is 78.9 Å². The summed E-state index contributed by atoms with van der Waals surface area (Å²) >= 11 is 0. The van der Waals surface area contributed by atoms with Crippen LogP contribution in [-0.4, -0.2) is 54.4 Å². The molecule has 1 atom stereocenters. The molecule has 0 radical (unpaired) electrons. The van der Waals surface area contributed by atoms with Crippen LogP contribution in [0.5, 0.6) is 0 Å². The van der Waals surface area contributed by atoms with Gasteiger partial charge in [-0.25, -0.2) is 4.79 Å². The number of hydrogen-bond acceptors (Lipinski definition) is 3. The van der Waals surface area contributed by atoms with Crippen molar-refractivity contribution < 1.29 is 19.4 Å². The van der Waals surface area contributed by atoms with E-state index in [0.29, 0.717) is 19.8 Å². The van der Waals surface area contributed by atoms with Gasteiger partial charge in [0.15, 0.2) is 0 Å². The van der Waals surface area contributed by atoms with Crippen molar-refractivity contribution in [1.82, 2.24) is 10.2 Å². The molecular formula is C14H28N2O4. The van der Waals surface area contributed by atoms with Gasteiger partial charge in [-0.05, 0) is 18.8 Å². The van der Waals surface area contributed by atoms with Crippen LogP contribution in [0.3, 0.4) is 0 Å². The molecule has 0 aromatic rings. The molecule has 0 aliphatic rings. The highest BCUT2D eigenvalue weighted by Gasteiger charge is 2.22. The van der Waals surface area contributed by atoms with Crippen molar-refractivity contribution in [2.24, 2.45) is 11.8 Å². The maximum Gasteiger partial charge on any atom is 0.323 e. The fraction of sp³-hybridized carbons (Fsp3) is 0.857. The summed E-state index contributed by atoms with van der Waals surface area (Å²) in [6, 6.07) is -0.467. The number of urea groups is 1. The van der Waals surface area contributed by atoms with Crippen LogP contribution in [0.1, 0.15) is 34.6 Å². The van der Waals surface area contributed by atoms with Gasteiger partial charge in [0.1, 0.15) is 6.54 Å². The van der Waals surface area contributed by atoms with Gasteiger partial charge in [-0.3, -0.25) is 4.79 Å². The van der Waals surface area contributed by atoms with Crippen LogP contribution in [0.2, 0.25) is 0 Å². The number of aliphatic carboxylic acids is 1. The first-order valence-corrected chi connectivity index (χ1v) is 7.12. The number of carboxylic acids is 1. The molecule has 6 nitrogen and oxygen atoms in total. The zero-order valence-electron chi connectivity index (χ0n) is 13.2. The van der Waals surface area contributed by atoms with Crippen LogP contribution >= 0.6 is 0 Å². The van der Waals surface area contributed by atoms with Crippen LogP contribution in [0.4, 0.5) is 4.79 Å². The fourth-order valence-corrected chi connectivity index (χ4v) is 1.72. The number of carboxylic acid groups (broad SMARTS) is 1. The molecule has 0 aromatic carbocycles. The summed E-state index contributed by atoms with van der Waals surface area (Å²) in [4.78, 5) is 24.4. The summed E-state index contributed by atoms with van der Waals surface area (Å²) in [5.41, 5.74) is 0. The zero-order valence-corrected chi connectivity index (χ0v) is 13.2. The van der Waals surface area contributed by atoms with Crippen LogP contribution in [0.15, 0.2) is 0 Å². The Morgan fingerprint density at radius 2 is 1.85 bits per heavy atom. The SMILES string of the molecule is CCOCC(NC(=O)N(CC(=O)O)CC(C)C)C(C)C. The van der Waals surface area contributed by atoms with Gasteiger partial charge in [-0.1, -0.05) is 27.7 Å². The molecule has 0 heterocycles. The monoisotopic (exact) mass is 288 g/mol. The Kier molecular flexibility index (Phi) is 8.96. The average Bonchev–Trinajstić information content (AvgIpc) is 2.31. The van der Waals surface area contributed by atoms with Crippen molar-refractivity contribution in [3.63, 3.8) is 0 Å². The van der Waals surface area contributed by atoms with Crippen LogP contribution in [0.25, 0.3) is 0 Å². The van der Waals surface area contributed by atoms with E-state index < -0.39 is 5.97 Å². The summed E-state index contributed by atoms with van der Waals surface area (Å²) in [5.74, 6) is -0.576. The van der Waals surface area contributed by atoms with E-state index in [-0.39, 0.29) is 30.5 Å². The number of hydrogen-bond donors (Lipinski definition) is 2. The maximum atomic E-state index is 12.2. The van der Waals surface area contributed by atoms with Gasteiger partial charge >= 0.3 is 12.0 Å². The van der Waals surface area contributed by atoms with Crippen molar-refractivity contribution in [3.8, 4) is 0 Å². The van der Waals surface area contributed by atoms with Gasteiger partial charge in [-0.15, -0.1) is 0 Å². The van der Waals surface area contributed by atoms with E-state index in [2.05, 4.69) is 5.32 Å². The number of carbonyl (C=O) groups excluding carboxylic acids is 1. The quantitative estimate of drug-likeness (QED) is 0.678. The summed E-state index contributed by atoms with van der Waals surface area (Å²) < 4.78 is 5.35. The number of amides is 2. The third-order valence-corrected chi connectivity index (χ3v) is 2.81. The highest BCUT2D eigenvalue weighted by atomic mass is 16.5. The summed E-state index contributed by atoms with van der Waals surface area (Å²) in [6.07, 6.45) is 0. The van der Waals surface area contributed by atoms with E-state index in [4.69, 9.17) is 9.84 Å². The van der Waals surface area contributed by atoms with Crippen molar-refractivity contribution in [2.75, 3.05) is 26.3 Å². The largest absolute Gasteiger partial charge is 0.480 e. The lowest BCUT2D eigenvalue weighted by atomic mass is 10.1. The van der Waals surface area contributed by atoms with E-state index in [1.807, 2.05) is 34.6 Å². The molecule has 1 unspecified atom stereocenters. The minimum Gasteiger partial charge on any atom is -0.480 e. The molecule has 20 heavy (non-hydrogen) atoms. The number of nitrogens with zero attached hydrogens (tertiary/aromatic N) is 1. The molecule has 0 spiro atoms. The van der Waals surface area contributed by atoms with Crippen LogP contribution < -0.4 is 5.32 Å². The molecule has 0 fully saturated rings. The Morgan fingerprint density at radius 3 is 2.25 bits per heavy atom. The van der Waals surface area contributed by atoms with E-state index in [0.717, 1.165) is 0 Å². The lowest BCUT2D eigenvalue weighted by Gasteiger charge is -2.28. The maximum absolute atomic E-state index is 12.2. The minimum atomic E-state index is -1.01. The van der Waals surface area contributed by atoms with Crippen molar-refractivity contribution in [1.29, 1.82) is 0 Å². The van der Waals surface area contributed by atoms with Crippen LogP contribution in [-0.2, 0) is 9.53 Å². The molecular weight excluding hydrogens is 260 g/mol. The second-order valence-electron chi connectivity index (χ2n) is 5.63. The van der Waals surface area contributed by atoms with Crippen molar-refractivity contribution >= 4 is 12.0 Å². The van der Waals surface area contributed by atoms with E-state index in [1.165, 1.54) is 4.90 Å². The molecule has 0 aliphatic heterocycles. The molecule has 118 valence electrons. The lowest BCUT2D eigenvalue weighted by Crippen LogP contribution is -2.50. The second kappa shape index (κ2) is 9.58. The first kappa shape index (κ1) is 18.7. The molecule has 6 heteroatoms. The molecule has 0 aliphatic carbocycles. The molecule has 0 saturated heterocycles. The predicted molar refractivity (Wildman–Crippen MR) is 77.7 cm³/mol. The highest BCUT2D eigenvalue weighted by molar-refractivity contribution is 5.80. The lowest BCUT2D eigenvalue weighted by molar-refractivity contribution is -0.137. The molecule has 2 N–H and O–H groups in total. The van der Waals surface area contributed by atoms with Gasteiger partial charge in [-0.2, -0.15) is 0 Å². The van der Waals surface area contributed by atoms with Crippen molar-refractivity contribution in [2.45, 2.75) is 40.7 Å². The Hall–Kier alpha value is -1.30. The molecule has 0 rings (SSSR count). The number of carbonyl (C=O) groups is 2. The third kappa shape index (κ3) is 7.99. The Bertz CT molecular complexity index is 306. The molecule has 0 saturated carbocycles. The number of nitrogens with one attached hydrogen (secondary N) is 1. The van der Waals surface area contributed by atoms with Gasteiger partial charge in [0.05, 0.1) is 12.6 Å². The van der Waals surface area contributed by atoms with Gasteiger partial charge in [0.25, 0.3) is 0 Å². The molecule has 0 bridgehead atoms. The van der Waals surface area contributed by atoms with Gasteiger partial charge in [0, 0.05) is 13.2 Å². The van der Waals surface area contributed by atoms with E-state index in [9.17, 15) is 9.59 Å². The van der Waals surface area contributed by atoms with Crippen LogP contribution in [0, 0.1) is 11.8 Å². The van der Waals surface area contributed by atoms with Gasteiger partial charge < -0.3 is 20.1 Å². The number of rotatable bonds is 9. The summed E-state index contributed by atoms with van der Waals surface area (Å²) in [7, 11) is 0. The Morgan fingerprint density at radius 1 is 1.25 bits per heavy atom. The third-order valence-electron chi connectivity index (χ3n) is 2.81. The normalized spacial score (nSPS) is 12.6.